The number of hydrogen-bond acceptors (Lipinski definition) is 2. The maximum absolute atomic E-state index is 9.00. The van der Waals surface area contributed by atoms with E-state index in [1.807, 2.05) is 6.20 Å². The normalized spacial score (nSPS) is 16.2. The third kappa shape index (κ3) is 6.20. The minimum absolute atomic E-state index is 0.542. The standard InChI is InChI=1S/C23H28N2.C2H4O2/c1-23(2)12-9-21(10-13-23)25-16-17-3-5-18(6-4-17)20-8-7-19-11-14-24-22(19)15-20;1-2(3)4/h3-8,11,14-15,21,24-25H,9-10,12-13,16H2,1-2H3;1H3,(H,3,4). The van der Waals surface area contributed by atoms with E-state index in [4.69, 9.17) is 9.90 Å². The number of rotatable bonds is 4. The second kappa shape index (κ2) is 9.27. The lowest BCUT2D eigenvalue weighted by atomic mass is 9.75. The van der Waals surface area contributed by atoms with E-state index < -0.39 is 5.97 Å². The summed E-state index contributed by atoms with van der Waals surface area (Å²) in [6.45, 7) is 6.85. The van der Waals surface area contributed by atoms with Gasteiger partial charge in [-0.2, -0.15) is 0 Å². The molecule has 1 fully saturated rings. The van der Waals surface area contributed by atoms with Crippen LogP contribution >= 0.6 is 0 Å². The predicted molar refractivity (Wildman–Crippen MR) is 120 cm³/mol. The largest absolute Gasteiger partial charge is 0.481 e. The lowest BCUT2D eigenvalue weighted by Gasteiger charge is -2.34. The van der Waals surface area contributed by atoms with Gasteiger partial charge in [0.1, 0.15) is 0 Å². The van der Waals surface area contributed by atoms with Crippen LogP contribution in [0.1, 0.15) is 52.0 Å². The number of carbonyl (C=O) groups is 1. The van der Waals surface area contributed by atoms with E-state index in [-0.39, 0.29) is 0 Å². The highest BCUT2D eigenvalue weighted by atomic mass is 16.4. The Kier molecular flexibility index (Phi) is 6.75. The van der Waals surface area contributed by atoms with Crippen molar-refractivity contribution in [2.75, 3.05) is 0 Å². The van der Waals surface area contributed by atoms with Crippen molar-refractivity contribution in [3.63, 3.8) is 0 Å². The smallest absolute Gasteiger partial charge is 0.300 e. The van der Waals surface area contributed by atoms with Crippen molar-refractivity contribution in [2.24, 2.45) is 5.41 Å². The summed E-state index contributed by atoms with van der Waals surface area (Å²) >= 11 is 0. The van der Waals surface area contributed by atoms with E-state index in [1.54, 1.807) is 0 Å². The average Bonchev–Trinajstić information content (AvgIpc) is 3.15. The molecule has 154 valence electrons. The topological polar surface area (TPSA) is 65.1 Å². The molecule has 0 atom stereocenters. The molecule has 1 aliphatic carbocycles. The van der Waals surface area contributed by atoms with Crippen LogP contribution in [0.15, 0.2) is 54.7 Å². The van der Waals surface area contributed by atoms with Crippen LogP contribution in [-0.2, 0) is 11.3 Å². The number of nitrogens with one attached hydrogen (secondary N) is 2. The Morgan fingerprint density at radius 2 is 1.69 bits per heavy atom. The summed E-state index contributed by atoms with van der Waals surface area (Å²) in [6.07, 6.45) is 7.29. The molecule has 29 heavy (non-hydrogen) atoms. The summed E-state index contributed by atoms with van der Waals surface area (Å²) in [5, 5.41) is 12.4. The van der Waals surface area contributed by atoms with Crippen LogP contribution in [0.3, 0.4) is 0 Å². The molecular formula is C25H32N2O2. The molecule has 0 radical (unpaired) electrons. The summed E-state index contributed by atoms with van der Waals surface area (Å²) in [7, 11) is 0. The van der Waals surface area contributed by atoms with E-state index in [2.05, 4.69) is 72.7 Å². The first-order valence-corrected chi connectivity index (χ1v) is 10.4. The third-order valence-electron chi connectivity index (χ3n) is 5.78. The molecular weight excluding hydrogens is 360 g/mol. The van der Waals surface area contributed by atoms with Crippen molar-refractivity contribution >= 4 is 16.9 Å². The zero-order valence-corrected chi connectivity index (χ0v) is 17.7. The van der Waals surface area contributed by atoms with Gasteiger partial charge >= 0.3 is 0 Å². The summed E-state index contributed by atoms with van der Waals surface area (Å²) in [6, 6.07) is 18.4. The van der Waals surface area contributed by atoms with E-state index in [0.717, 1.165) is 13.5 Å². The lowest BCUT2D eigenvalue weighted by molar-refractivity contribution is -0.134. The van der Waals surface area contributed by atoms with Crippen molar-refractivity contribution in [1.82, 2.24) is 10.3 Å². The van der Waals surface area contributed by atoms with Crippen LogP contribution in [0, 0.1) is 5.41 Å². The Balaban J connectivity index is 0.000000552. The molecule has 4 rings (SSSR count). The third-order valence-corrected chi connectivity index (χ3v) is 5.78. The number of fused-ring (bicyclic) bond motifs is 1. The average molecular weight is 393 g/mol. The van der Waals surface area contributed by atoms with Crippen molar-refractivity contribution in [1.29, 1.82) is 0 Å². The minimum atomic E-state index is -0.833. The number of carboxylic acids is 1. The fraction of sp³-hybridized carbons (Fsp3) is 0.400. The van der Waals surface area contributed by atoms with Crippen LogP contribution in [0.5, 0.6) is 0 Å². The fourth-order valence-electron chi connectivity index (χ4n) is 3.91. The predicted octanol–water partition coefficient (Wildman–Crippen LogP) is 5.98. The lowest BCUT2D eigenvalue weighted by Crippen LogP contribution is -2.35. The van der Waals surface area contributed by atoms with E-state index in [9.17, 15) is 0 Å². The van der Waals surface area contributed by atoms with Crippen LogP contribution in [0.2, 0.25) is 0 Å². The first-order valence-electron chi connectivity index (χ1n) is 10.4. The first-order chi connectivity index (χ1) is 13.8. The van der Waals surface area contributed by atoms with Gasteiger partial charge in [0.05, 0.1) is 0 Å². The Bertz CT molecular complexity index is 927. The van der Waals surface area contributed by atoms with Crippen LogP contribution in [0.25, 0.3) is 22.0 Å². The quantitative estimate of drug-likeness (QED) is 0.511. The summed E-state index contributed by atoms with van der Waals surface area (Å²) in [4.78, 5) is 12.3. The number of carboxylic acid groups (broad SMARTS) is 1. The van der Waals surface area contributed by atoms with Crippen molar-refractivity contribution in [3.05, 3.63) is 60.3 Å². The highest BCUT2D eigenvalue weighted by Crippen LogP contribution is 2.35. The molecule has 0 spiro atoms. The number of aliphatic carboxylic acids is 1. The molecule has 2 aromatic carbocycles. The number of aromatic nitrogens is 1. The van der Waals surface area contributed by atoms with Gasteiger partial charge in [-0.15, -0.1) is 0 Å². The van der Waals surface area contributed by atoms with Gasteiger partial charge < -0.3 is 15.4 Å². The first kappa shape index (κ1) is 21.1. The molecule has 4 heteroatoms. The van der Waals surface area contributed by atoms with Gasteiger partial charge in [-0.3, -0.25) is 4.79 Å². The summed E-state index contributed by atoms with van der Waals surface area (Å²) in [5.41, 5.74) is 5.65. The van der Waals surface area contributed by atoms with Crippen LogP contribution < -0.4 is 5.32 Å². The molecule has 1 heterocycles. The monoisotopic (exact) mass is 392 g/mol. The Morgan fingerprint density at radius 1 is 1.07 bits per heavy atom. The van der Waals surface area contributed by atoms with Gasteiger partial charge in [-0.25, -0.2) is 0 Å². The Hall–Kier alpha value is -2.59. The van der Waals surface area contributed by atoms with Crippen molar-refractivity contribution in [3.8, 4) is 11.1 Å². The molecule has 1 saturated carbocycles. The summed E-state index contributed by atoms with van der Waals surface area (Å²) in [5.74, 6) is -0.833. The molecule has 3 N–H and O–H groups in total. The second-order valence-electron chi connectivity index (χ2n) is 8.82. The maximum Gasteiger partial charge on any atom is 0.300 e. The van der Waals surface area contributed by atoms with Gasteiger partial charge in [0.2, 0.25) is 0 Å². The molecule has 0 saturated heterocycles. The Labute approximate surface area is 173 Å². The van der Waals surface area contributed by atoms with E-state index >= 15 is 0 Å². The van der Waals surface area contributed by atoms with Crippen LogP contribution in [0.4, 0.5) is 0 Å². The van der Waals surface area contributed by atoms with Gasteiger partial charge in [0.15, 0.2) is 0 Å². The van der Waals surface area contributed by atoms with Gasteiger partial charge in [0, 0.05) is 31.2 Å². The molecule has 0 unspecified atom stereocenters. The maximum atomic E-state index is 9.00. The Morgan fingerprint density at radius 3 is 2.34 bits per heavy atom. The van der Waals surface area contributed by atoms with Crippen molar-refractivity contribution < 1.29 is 9.90 Å². The van der Waals surface area contributed by atoms with Crippen LogP contribution in [-0.4, -0.2) is 22.1 Å². The van der Waals surface area contributed by atoms with Gasteiger partial charge in [-0.1, -0.05) is 50.2 Å². The molecule has 4 nitrogen and oxygen atoms in total. The number of aromatic amines is 1. The number of benzene rings is 2. The molecule has 1 aromatic heterocycles. The highest BCUT2D eigenvalue weighted by molar-refractivity contribution is 5.84. The van der Waals surface area contributed by atoms with E-state index in [1.165, 1.54) is 53.3 Å². The van der Waals surface area contributed by atoms with Gasteiger partial charge in [-0.05, 0) is 65.3 Å². The molecule has 0 bridgehead atoms. The minimum Gasteiger partial charge on any atom is -0.481 e. The summed E-state index contributed by atoms with van der Waals surface area (Å²) < 4.78 is 0. The fourth-order valence-corrected chi connectivity index (χ4v) is 3.91. The van der Waals surface area contributed by atoms with Crippen molar-refractivity contribution in [2.45, 2.75) is 59.0 Å². The van der Waals surface area contributed by atoms with E-state index in [0.29, 0.717) is 11.5 Å². The molecule has 1 aliphatic rings. The number of H-pyrrole nitrogens is 1. The molecule has 3 aromatic rings. The number of hydrogen-bond donors (Lipinski definition) is 3. The molecule has 0 amide bonds. The SMILES string of the molecule is CC(=O)O.CC1(C)CCC(NCc2ccc(-c3ccc4cc[nH]c4c3)cc2)CC1. The molecule has 0 aliphatic heterocycles. The zero-order valence-electron chi connectivity index (χ0n) is 17.7. The van der Waals surface area contributed by atoms with Gasteiger partial charge in [0.25, 0.3) is 5.97 Å². The highest BCUT2D eigenvalue weighted by Gasteiger charge is 2.26. The zero-order chi connectivity index (χ0) is 20.9. The second-order valence-corrected chi connectivity index (χ2v) is 8.82.